The molecule has 0 spiro atoms. The topological polar surface area (TPSA) is 68.3 Å². The molecule has 2 aromatic rings. The van der Waals surface area contributed by atoms with Crippen LogP contribution in [0.5, 0.6) is 5.75 Å². The maximum atomic E-state index is 12.1. The van der Waals surface area contributed by atoms with Gasteiger partial charge in [-0.25, -0.2) is 18.1 Å². The van der Waals surface area contributed by atoms with Crippen LogP contribution in [0.1, 0.15) is 9.88 Å². The molecule has 0 aliphatic heterocycles. The molecule has 0 amide bonds. The quantitative estimate of drug-likeness (QED) is 0.885. The van der Waals surface area contributed by atoms with E-state index >= 15 is 0 Å². The van der Waals surface area contributed by atoms with Crippen molar-refractivity contribution in [2.45, 2.75) is 18.2 Å². The fourth-order valence-corrected chi connectivity index (χ4v) is 3.49. The number of ether oxygens (including phenoxy) is 1. The van der Waals surface area contributed by atoms with Crippen LogP contribution in [-0.2, 0) is 16.4 Å². The molecule has 1 aromatic heterocycles. The van der Waals surface area contributed by atoms with Gasteiger partial charge in [0, 0.05) is 17.6 Å². The number of rotatable bonds is 6. The zero-order valence-electron chi connectivity index (χ0n) is 11.3. The summed E-state index contributed by atoms with van der Waals surface area (Å²) in [6.07, 6.45) is 2.42. The summed E-state index contributed by atoms with van der Waals surface area (Å²) in [6.45, 7) is 2.28. The van der Waals surface area contributed by atoms with E-state index in [1.165, 1.54) is 12.1 Å². The van der Waals surface area contributed by atoms with E-state index in [4.69, 9.17) is 4.74 Å². The van der Waals surface area contributed by atoms with Crippen LogP contribution >= 0.6 is 11.3 Å². The van der Waals surface area contributed by atoms with E-state index in [1.807, 2.05) is 6.92 Å². The average molecular weight is 312 g/mol. The summed E-state index contributed by atoms with van der Waals surface area (Å²) in [5.74, 6) is 0.629. The maximum absolute atomic E-state index is 12.1. The van der Waals surface area contributed by atoms with Crippen LogP contribution in [-0.4, -0.2) is 27.1 Å². The number of sulfonamides is 1. The van der Waals surface area contributed by atoms with Gasteiger partial charge >= 0.3 is 0 Å². The summed E-state index contributed by atoms with van der Waals surface area (Å²) >= 11 is 1.58. The van der Waals surface area contributed by atoms with Crippen molar-refractivity contribution in [3.63, 3.8) is 0 Å². The molecule has 0 atom stereocenters. The van der Waals surface area contributed by atoms with Crippen molar-refractivity contribution in [1.29, 1.82) is 0 Å². The normalized spacial score (nSPS) is 11.5. The van der Waals surface area contributed by atoms with Crippen molar-refractivity contribution in [1.82, 2.24) is 9.71 Å². The Balaban J connectivity index is 1.96. The smallest absolute Gasteiger partial charge is 0.240 e. The van der Waals surface area contributed by atoms with Crippen LogP contribution in [0.2, 0.25) is 0 Å². The number of thiazole rings is 1. The molecule has 20 heavy (non-hydrogen) atoms. The molecule has 0 fully saturated rings. The fourth-order valence-electron chi connectivity index (χ4n) is 1.67. The van der Waals surface area contributed by atoms with E-state index in [-0.39, 0.29) is 4.90 Å². The van der Waals surface area contributed by atoms with Gasteiger partial charge in [-0.1, -0.05) is 0 Å². The number of methoxy groups -OCH3 is 1. The molecule has 0 unspecified atom stereocenters. The molecule has 1 N–H and O–H groups in total. The second-order valence-electron chi connectivity index (χ2n) is 4.17. The number of benzene rings is 1. The third kappa shape index (κ3) is 3.78. The molecule has 2 rings (SSSR count). The van der Waals surface area contributed by atoms with Gasteiger partial charge in [-0.2, -0.15) is 0 Å². The predicted molar refractivity (Wildman–Crippen MR) is 78.7 cm³/mol. The molecule has 0 bridgehead atoms. The first kappa shape index (κ1) is 15.0. The SMILES string of the molecule is COc1ccc(S(=O)(=O)NCCc2cnc(C)s2)cc1. The summed E-state index contributed by atoms with van der Waals surface area (Å²) in [6, 6.07) is 6.30. The minimum atomic E-state index is -3.47. The van der Waals surface area contributed by atoms with E-state index in [2.05, 4.69) is 9.71 Å². The van der Waals surface area contributed by atoms with Crippen LogP contribution in [0, 0.1) is 6.92 Å². The molecular formula is C13H16N2O3S2. The van der Waals surface area contributed by atoms with Crippen LogP contribution in [0.15, 0.2) is 35.4 Å². The van der Waals surface area contributed by atoms with Crippen LogP contribution < -0.4 is 9.46 Å². The minimum absolute atomic E-state index is 0.235. The Morgan fingerprint density at radius 3 is 2.55 bits per heavy atom. The number of aryl methyl sites for hydroxylation is 1. The Morgan fingerprint density at radius 1 is 1.30 bits per heavy atom. The Kier molecular flexibility index (Phi) is 4.74. The number of nitrogens with zero attached hydrogens (tertiary/aromatic N) is 1. The molecule has 0 aliphatic carbocycles. The van der Waals surface area contributed by atoms with Gasteiger partial charge in [0.1, 0.15) is 5.75 Å². The molecule has 0 saturated carbocycles. The van der Waals surface area contributed by atoms with E-state index in [1.54, 1.807) is 36.8 Å². The standard InChI is InChI=1S/C13H16N2O3S2/c1-10-14-9-12(19-10)7-8-15-20(16,17)13-5-3-11(18-2)4-6-13/h3-6,9,15H,7-8H2,1-2H3. The lowest BCUT2D eigenvalue weighted by Gasteiger charge is -2.06. The van der Waals surface area contributed by atoms with Crippen molar-refractivity contribution in [2.75, 3.05) is 13.7 Å². The van der Waals surface area contributed by atoms with Crippen molar-refractivity contribution < 1.29 is 13.2 Å². The van der Waals surface area contributed by atoms with Crippen LogP contribution in [0.25, 0.3) is 0 Å². The molecule has 1 aromatic carbocycles. The first-order valence-electron chi connectivity index (χ1n) is 6.06. The van der Waals surface area contributed by atoms with E-state index in [0.717, 1.165) is 9.88 Å². The summed E-state index contributed by atoms with van der Waals surface area (Å²) in [4.78, 5) is 5.44. The van der Waals surface area contributed by atoms with Gasteiger partial charge in [-0.05, 0) is 37.6 Å². The van der Waals surface area contributed by atoms with Gasteiger partial charge in [0.05, 0.1) is 17.0 Å². The molecule has 108 valence electrons. The van der Waals surface area contributed by atoms with E-state index in [0.29, 0.717) is 18.7 Å². The largest absolute Gasteiger partial charge is 0.497 e. The van der Waals surface area contributed by atoms with Gasteiger partial charge in [-0.15, -0.1) is 11.3 Å². The van der Waals surface area contributed by atoms with Gasteiger partial charge in [0.15, 0.2) is 0 Å². The molecule has 0 saturated heterocycles. The fraction of sp³-hybridized carbons (Fsp3) is 0.308. The molecule has 5 nitrogen and oxygen atoms in total. The lowest BCUT2D eigenvalue weighted by Crippen LogP contribution is -2.25. The molecule has 7 heteroatoms. The third-order valence-electron chi connectivity index (χ3n) is 2.70. The highest BCUT2D eigenvalue weighted by Crippen LogP contribution is 2.16. The number of hydrogen-bond donors (Lipinski definition) is 1. The highest BCUT2D eigenvalue weighted by Gasteiger charge is 2.13. The second-order valence-corrected chi connectivity index (χ2v) is 7.26. The third-order valence-corrected chi connectivity index (χ3v) is 5.15. The zero-order chi connectivity index (χ0) is 14.6. The van der Waals surface area contributed by atoms with Crippen LogP contribution in [0.4, 0.5) is 0 Å². The Hall–Kier alpha value is -1.44. The highest BCUT2D eigenvalue weighted by molar-refractivity contribution is 7.89. The van der Waals surface area contributed by atoms with Crippen LogP contribution in [0.3, 0.4) is 0 Å². The predicted octanol–water partition coefficient (Wildman–Crippen LogP) is 1.98. The summed E-state index contributed by atoms with van der Waals surface area (Å²) in [7, 11) is -1.93. The minimum Gasteiger partial charge on any atom is -0.497 e. The Bertz CT molecular complexity index is 663. The molecule has 1 heterocycles. The first-order chi connectivity index (χ1) is 9.51. The van der Waals surface area contributed by atoms with Gasteiger partial charge in [0.25, 0.3) is 0 Å². The van der Waals surface area contributed by atoms with Gasteiger partial charge < -0.3 is 4.74 Å². The maximum Gasteiger partial charge on any atom is 0.240 e. The number of nitrogens with one attached hydrogen (secondary N) is 1. The Labute approximate surface area is 122 Å². The monoisotopic (exact) mass is 312 g/mol. The van der Waals surface area contributed by atoms with Crippen molar-refractivity contribution in [3.8, 4) is 5.75 Å². The highest BCUT2D eigenvalue weighted by atomic mass is 32.2. The average Bonchev–Trinajstić information content (AvgIpc) is 2.84. The van der Waals surface area contributed by atoms with E-state index in [9.17, 15) is 8.42 Å². The molecule has 0 radical (unpaired) electrons. The molecular weight excluding hydrogens is 296 g/mol. The van der Waals surface area contributed by atoms with E-state index < -0.39 is 10.0 Å². The first-order valence-corrected chi connectivity index (χ1v) is 8.36. The summed E-state index contributed by atoms with van der Waals surface area (Å²) in [5, 5.41) is 0.984. The van der Waals surface area contributed by atoms with Gasteiger partial charge in [0.2, 0.25) is 10.0 Å². The van der Waals surface area contributed by atoms with Crippen molar-refractivity contribution >= 4 is 21.4 Å². The lowest BCUT2D eigenvalue weighted by atomic mass is 10.3. The van der Waals surface area contributed by atoms with Gasteiger partial charge in [-0.3, -0.25) is 0 Å². The zero-order valence-corrected chi connectivity index (χ0v) is 12.9. The summed E-state index contributed by atoms with van der Waals surface area (Å²) < 4.78 is 31.7. The van der Waals surface area contributed by atoms with Crippen molar-refractivity contribution in [3.05, 3.63) is 40.3 Å². The van der Waals surface area contributed by atoms with Crippen molar-refractivity contribution in [2.24, 2.45) is 0 Å². The number of hydrogen-bond acceptors (Lipinski definition) is 5. The lowest BCUT2D eigenvalue weighted by molar-refractivity contribution is 0.414. The number of aromatic nitrogens is 1. The summed E-state index contributed by atoms with van der Waals surface area (Å²) in [5.41, 5.74) is 0. The molecule has 0 aliphatic rings. The Morgan fingerprint density at radius 2 is 2.00 bits per heavy atom. The second kappa shape index (κ2) is 6.34.